The molecule has 1 unspecified atom stereocenters. The van der Waals surface area contributed by atoms with E-state index in [0.717, 1.165) is 29.7 Å². The van der Waals surface area contributed by atoms with Gasteiger partial charge in [-0.2, -0.15) is 0 Å². The summed E-state index contributed by atoms with van der Waals surface area (Å²) in [7, 11) is 0. The molecule has 2 rings (SSSR count). The van der Waals surface area contributed by atoms with Crippen LogP contribution in [0.2, 0.25) is 0 Å². The van der Waals surface area contributed by atoms with Gasteiger partial charge in [-0.1, -0.05) is 6.92 Å². The van der Waals surface area contributed by atoms with Crippen molar-refractivity contribution in [3.05, 3.63) is 51.0 Å². The van der Waals surface area contributed by atoms with E-state index in [0.29, 0.717) is 12.0 Å². The third-order valence-corrected chi connectivity index (χ3v) is 4.52. The van der Waals surface area contributed by atoms with E-state index in [4.69, 9.17) is 0 Å². The molecule has 0 aliphatic rings. The van der Waals surface area contributed by atoms with Crippen molar-refractivity contribution in [2.45, 2.75) is 39.7 Å². The van der Waals surface area contributed by atoms with Crippen LogP contribution in [-0.2, 0) is 6.42 Å². The average Bonchev–Trinajstić information content (AvgIpc) is 2.76. The summed E-state index contributed by atoms with van der Waals surface area (Å²) in [5, 5.41) is 4.24. The van der Waals surface area contributed by atoms with Gasteiger partial charge in [-0.15, -0.1) is 11.3 Å². The highest BCUT2D eigenvalue weighted by Gasteiger charge is 2.18. The average molecular weight is 310 g/mol. The predicted molar refractivity (Wildman–Crippen MR) is 82.7 cm³/mol. The molecular weight excluding hydrogens is 290 g/mol. The van der Waals surface area contributed by atoms with Crippen LogP contribution in [0.3, 0.4) is 0 Å². The lowest BCUT2D eigenvalue weighted by atomic mass is 10.0. The van der Waals surface area contributed by atoms with Gasteiger partial charge >= 0.3 is 0 Å². The maximum atomic E-state index is 14.0. The minimum absolute atomic E-state index is 0.259. The molecule has 1 aromatic carbocycles. The molecule has 114 valence electrons. The number of rotatable bonds is 6. The Balaban J connectivity index is 2.27. The molecule has 5 heteroatoms. The topological polar surface area (TPSA) is 24.9 Å². The van der Waals surface area contributed by atoms with Crippen LogP contribution in [-0.4, -0.2) is 11.5 Å². The lowest BCUT2D eigenvalue weighted by Crippen LogP contribution is -2.25. The summed E-state index contributed by atoms with van der Waals surface area (Å²) in [6.45, 7) is 6.79. The number of hydrogen-bond acceptors (Lipinski definition) is 3. The van der Waals surface area contributed by atoms with Crippen LogP contribution < -0.4 is 5.32 Å². The van der Waals surface area contributed by atoms with Crippen LogP contribution in [0.25, 0.3) is 0 Å². The van der Waals surface area contributed by atoms with Gasteiger partial charge in [-0.05, 0) is 45.0 Å². The number of aryl methyl sites for hydroxylation is 2. The number of aromatic nitrogens is 1. The number of benzene rings is 1. The molecule has 0 spiro atoms. The Bertz CT molecular complexity index is 591. The fourth-order valence-corrected chi connectivity index (χ4v) is 3.17. The Morgan fingerprint density at radius 3 is 2.67 bits per heavy atom. The van der Waals surface area contributed by atoms with Gasteiger partial charge in [0.2, 0.25) is 0 Å². The van der Waals surface area contributed by atoms with Crippen LogP contribution in [0.4, 0.5) is 8.78 Å². The Kier molecular flexibility index (Phi) is 5.42. The third-order valence-electron chi connectivity index (χ3n) is 3.43. The molecule has 0 amide bonds. The molecule has 0 bridgehead atoms. The largest absolute Gasteiger partial charge is 0.309 e. The zero-order chi connectivity index (χ0) is 15.4. The molecule has 1 atom stereocenters. The van der Waals surface area contributed by atoms with Crippen molar-refractivity contribution in [1.82, 2.24) is 10.3 Å². The molecule has 0 saturated carbocycles. The van der Waals surface area contributed by atoms with Crippen molar-refractivity contribution in [3.8, 4) is 0 Å². The molecule has 1 heterocycles. The minimum atomic E-state index is -0.416. The highest BCUT2D eigenvalue weighted by molar-refractivity contribution is 7.11. The molecule has 0 saturated heterocycles. The monoisotopic (exact) mass is 310 g/mol. The van der Waals surface area contributed by atoms with Crippen molar-refractivity contribution in [3.63, 3.8) is 0 Å². The number of nitrogens with one attached hydrogen (secondary N) is 1. The second kappa shape index (κ2) is 7.09. The van der Waals surface area contributed by atoms with E-state index in [1.165, 1.54) is 17.0 Å². The summed E-state index contributed by atoms with van der Waals surface area (Å²) in [6.07, 6.45) is 1.50. The molecule has 0 fully saturated rings. The SMILES string of the molecule is CCCNC(Cc1nc(C)c(C)s1)c1cc(F)ccc1F. The van der Waals surface area contributed by atoms with Gasteiger partial charge in [-0.3, -0.25) is 0 Å². The first-order chi connectivity index (χ1) is 10.0. The zero-order valence-electron chi connectivity index (χ0n) is 12.5. The minimum Gasteiger partial charge on any atom is -0.309 e. The normalized spacial score (nSPS) is 12.6. The van der Waals surface area contributed by atoms with E-state index in [2.05, 4.69) is 10.3 Å². The van der Waals surface area contributed by atoms with Crippen molar-refractivity contribution in [1.29, 1.82) is 0 Å². The third kappa shape index (κ3) is 4.08. The summed E-state index contributed by atoms with van der Waals surface area (Å²) < 4.78 is 27.4. The van der Waals surface area contributed by atoms with Gasteiger partial charge in [0.1, 0.15) is 11.6 Å². The van der Waals surface area contributed by atoms with Crippen LogP contribution >= 0.6 is 11.3 Å². The first-order valence-electron chi connectivity index (χ1n) is 7.12. The predicted octanol–water partition coefficient (Wildman–Crippen LogP) is 4.32. The van der Waals surface area contributed by atoms with Crippen molar-refractivity contribution < 1.29 is 8.78 Å². The van der Waals surface area contributed by atoms with E-state index >= 15 is 0 Å². The highest BCUT2D eigenvalue weighted by Crippen LogP contribution is 2.25. The van der Waals surface area contributed by atoms with Gasteiger partial charge in [-0.25, -0.2) is 13.8 Å². The van der Waals surface area contributed by atoms with Crippen molar-refractivity contribution >= 4 is 11.3 Å². The summed E-state index contributed by atoms with van der Waals surface area (Å²) in [6, 6.07) is 3.35. The lowest BCUT2D eigenvalue weighted by Gasteiger charge is -2.18. The molecule has 1 N–H and O–H groups in total. The maximum absolute atomic E-state index is 14.0. The second-order valence-corrected chi connectivity index (χ2v) is 6.41. The number of thiazole rings is 1. The Morgan fingerprint density at radius 1 is 1.29 bits per heavy atom. The smallest absolute Gasteiger partial charge is 0.128 e. The molecule has 0 aliphatic heterocycles. The number of hydrogen-bond donors (Lipinski definition) is 1. The summed E-state index contributed by atoms with van der Waals surface area (Å²) >= 11 is 1.61. The van der Waals surface area contributed by atoms with Gasteiger partial charge in [0.15, 0.2) is 0 Å². The van der Waals surface area contributed by atoms with Gasteiger partial charge in [0.05, 0.1) is 10.7 Å². The number of halogens is 2. The summed E-state index contributed by atoms with van der Waals surface area (Å²) in [5.41, 5.74) is 1.37. The summed E-state index contributed by atoms with van der Waals surface area (Å²) in [4.78, 5) is 5.66. The van der Waals surface area contributed by atoms with E-state index in [1.807, 2.05) is 20.8 Å². The summed E-state index contributed by atoms with van der Waals surface area (Å²) in [5.74, 6) is -0.795. The molecule has 21 heavy (non-hydrogen) atoms. The van der Waals surface area contributed by atoms with E-state index in [1.54, 1.807) is 11.3 Å². The van der Waals surface area contributed by atoms with E-state index in [-0.39, 0.29) is 11.9 Å². The standard InChI is InChI=1S/C16H20F2N2S/c1-4-7-19-15(9-16-20-10(2)11(3)21-16)13-8-12(17)5-6-14(13)18/h5-6,8,15,19H,4,7,9H2,1-3H3. The second-order valence-electron chi connectivity index (χ2n) is 5.13. The zero-order valence-corrected chi connectivity index (χ0v) is 13.4. The van der Waals surface area contributed by atoms with Crippen LogP contribution in [0.5, 0.6) is 0 Å². The molecule has 1 aromatic heterocycles. The fraction of sp³-hybridized carbons (Fsp3) is 0.438. The highest BCUT2D eigenvalue weighted by atomic mass is 32.1. The van der Waals surface area contributed by atoms with Crippen LogP contribution in [0.1, 0.15) is 40.5 Å². The first kappa shape index (κ1) is 16.0. The fourth-order valence-electron chi connectivity index (χ4n) is 2.19. The quantitative estimate of drug-likeness (QED) is 0.859. The van der Waals surface area contributed by atoms with Gasteiger partial charge in [0.25, 0.3) is 0 Å². The van der Waals surface area contributed by atoms with Gasteiger partial charge < -0.3 is 5.32 Å². The lowest BCUT2D eigenvalue weighted by molar-refractivity contribution is 0.490. The molecule has 0 radical (unpaired) electrons. The van der Waals surface area contributed by atoms with E-state index < -0.39 is 5.82 Å². The van der Waals surface area contributed by atoms with Crippen molar-refractivity contribution in [2.75, 3.05) is 6.54 Å². The molecule has 2 nitrogen and oxygen atoms in total. The first-order valence-corrected chi connectivity index (χ1v) is 7.94. The van der Waals surface area contributed by atoms with E-state index in [9.17, 15) is 8.78 Å². The molecular formula is C16H20F2N2S. The Hall–Kier alpha value is -1.33. The maximum Gasteiger partial charge on any atom is 0.128 e. The Morgan fingerprint density at radius 2 is 2.05 bits per heavy atom. The van der Waals surface area contributed by atoms with Crippen molar-refractivity contribution in [2.24, 2.45) is 0 Å². The van der Waals surface area contributed by atoms with Crippen LogP contribution in [0, 0.1) is 25.5 Å². The molecule has 0 aliphatic carbocycles. The van der Waals surface area contributed by atoms with Crippen LogP contribution in [0.15, 0.2) is 18.2 Å². The Labute approximate surface area is 128 Å². The molecule has 2 aromatic rings. The van der Waals surface area contributed by atoms with Gasteiger partial charge in [0, 0.05) is 22.9 Å². The number of nitrogens with zero attached hydrogens (tertiary/aromatic N) is 1.